The molecule has 0 spiro atoms. The first kappa shape index (κ1) is 33.1. The highest BCUT2D eigenvalue weighted by molar-refractivity contribution is 6.08. The lowest BCUT2D eigenvalue weighted by atomic mass is 9.90. The maximum atomic E-state index is 5.01. The molecule has 260 valence electrons. The molecule has 0 saturated carbocycles. The molecule has 7 aromatic carbocycles. The summed E-state index contributed by atoms with van der Waals surface area (Å²) < 4.78 is 0. The first-order valence-corrected chi connectivity index (χ1v) is 18.6. The predicted octanol–water partition coefficient (Wildman–Crippen LogP) is 12.8. The third kappa shape index (κ3) is 5.92. The van der Waals surface area contributed by atoms with Crippen molar-refractivity contribution in [3.8, 4) is 67.3 Å². The van der Waals surface area contributed by atoms with Gasteiger partial charge in [-0.25, -0.2) is 9.97 Å². The lowest BCUT2D eigenvalue weighted by molar-refractivity contribution is 1.02. The van der Waals surface area contributed by atoms with E-state index in [-0.39, 0.29) is 0 Å². The third-order valence-corrected chi connectivity index (χ3v) is 10.5. The van der Waals surface area contributed by atoms with Crippen LogP contribution in [0.5, 0.6) is 0 Å². The SMILES string of the molecule is CC/C=C1\N(C)c2cccc(-c3ccc(-c4ccc(-c5ccc(-c6nc(-c7ccccc7)cc(-c7ccccc7)n6)cc5)cc4)c4ccccc34)c2N1C. The highest BCUT2D eigenvalue weighted by Gasteiger charge is 2.29. The van der Waals surface area contributed by atoms with Crippen LogP contribution in [0, 0.1) is 0 Å². The van der Waals surface area contributed by atoms with Gasteiger partial charge in [-0.3, -0.25) is 0 Å². The Bertz CT molecular complexity index is 2590. The van der Waals surface area contributed by atoms with Gasteiger partial charge in [0.05, 0.1) is 22.8 Å². The molecule has 4 nitrogen and oxygen atoms in total. The molecule has 4 heteroatoms. The van der Waals surface area contributed by atoms with E-state index in [1.165, 1.54) is 50.2 Å². The predicted molar refractivity (Wildman–Crippen MR) is 227 cm³/mol. The highest BCUT2D eigenvalue weighted by atomic mass is 15.4. The number of benzene rings is 7. The second-order valence-corrected chi connectivity index (χ2v) is 13.8. The first-order valence-electron chi connectivity index (χ1n) is 18.6. The molecule has 0 amide bonds. The normalized spacial score (nSPS) is 13.1. The van der Waals surface area contributed by atoms with Gasteiger partial charge in [0.1, 0.15) is 5.82 Å². The maximum Gasteiger partial charge on any atom is 0.160 e. The molecule has 2 heterocycles. The van der Waals surface area contributed by atoms with Crippen molar-refractivity contribution in [3.05, 3.63) is 182 Å². The van der Waals surface area contributed by atoms with Gasteiger partial charge in [0.2, 0.25) is 0 Å². The van der Waals surface area contributed by atoms with E-state index < -0.39 is 0 Å². The zero-order chi connectivity index (χ0) is 36.6. The Kier molecular flexibility index (Phi) is 8.57. The lowest BCUT2D eigenvalue weighted by Gasteiger charge is -2.20. The van der Waals surface area contributed by atoms with E-state index in [4.69, 9.17) is 9.97 Å². The summed E-state index contributed by atoms with van der Waals surface area (Å²) in [6.45, 7) is 2.19. The lowest BCUT2D eigenvalue weighted by Crippen LogP contribution is -2.21. The fourth-order valence-electron chi connectivity index (χ4n) is 7.82. The number of nitrogens with zero attached hydrogens (tertiary/aromatic N) is 4. The van der Waals surface area contributed by atoms with Gasteiger partial charge < -0.3 is 9.80 Å². The zero-order valence-corrected chi connectivity index (χ0v) is 30.7. The van der Waals surface area contributed by atoms with Crippen LogP contribution >= 0.6 is 0 Å². The summed E-state index contributed by atoms with van der Waals surface area (Å²) in [7, 11) is 4.34. The molecule has 0 radical (unpaired) electrons. The van der Waals surface area contributed by atoms with Gasteiger partial charge in [-0.2, -0.15) is 0 Å². The summed E-state index contributed by atoms with van der Waals surface area (Å²) in [6.07, 6.45) is 3.29. The molecular formula is C50H40N4. The summed E-state index contributed by atoms with van der Waals surface area (Å²) in [5, 5.41) is 2.50. The average Bonchev–Trinajstić information content (AvgIpc) is 3.49. The van der Waals surface area contributed by atoms with E-state index in [9.17, 15) is 0 Å². The summed E-state index contributed by atoms with van der Waals surface area (Å²) >= 11 is 0. The van der Waals surface area contributed by atoms with Crippen LogP contribution in [0.25, 0.3) is 78.1 Å². The molecule has 0 atom stereocenters. The molecule has 9 rings (SSSR count). The molecule has 8 aromatic rings. The van der Waals surface area contributed by atoms with Crippen LogP contribution in [0.4, 0.5) is 11.4 Å². The molecule has 1 aliphatic heterocycles. The van der Waals surface area contributed by atoms with Crippen molar-refractivity contribution in [2.24, 2.45) is 0 Å². The zero-order valence-electron chi connectivity index (χ0n) is 30.7. The summed E-state index contributed by atoms with van der Waals surface area (Å²) in [5.41, 5.74) is 14.6. The number of hydrogen-bond donors (Lipinski definition) is 0. The Labute approximate surface area is 317 Å². The van der Waals surface area contributed by atoms with Gasteiger partial charge in [0.15, 0.2) is 5.82 Å². The number of anilines is 2. The molecule has 0 N–H and O–H groups in total. The monoisotopic (exact) mass is 696 g/mol. The summed E-state index contributed by atoms with van der Waals surface area (Å²) in [4.78, 5) is 14.7. The first-order chi connectivity index (χ1) is 26.6. The van der Waals surface area contributed by atoms with Crippen LogP contribution in [0.2, 0.25) is 0 Å². The molecule has 1 aliphatic rings. The van der Waals surface area contributed by atoms with Gasteiger partial charge in [-0.1, -0.05) is 165 Å². The van der Waals surface area contributed by atoms with Crippen LogP contribution in [0.1, 0.15) is 13.3 Å². The van der Waals surface area contributed by atoms with Crippen LogP contribution in [-0.2, 0) is 0 Å². The minimum Gasteiger partial charge on any atom is -0.329 e. The van der Waals surface area contributed by atoms with Crippen LogP contribution < -0.4 is 9.80 Å². The summed E-state index contributed by atoms with van der Waals surface area (Å²) in [5.74, 6) is 1.93. The Morgan fingerprint density at radius 1 is 0.444 bits per heavy atom. The standard InChI is InChI=1S/C50H40N4/c1-4-14-48-53(2)47-22-13-21-44(49(47)54(48)3)43-32-31-40(41-19-11-12-20-42(41)43)36-27-23-34(24-28-36)35-25-29-39(30-26-35)50-51-45(37-15-7-5-8-16-37)33-46(52-50)38-17-9-6-10-18-38/h5-33H,4H2,1-3H3/b48-14+. The van der Waals surface area contributed by atoms with Crippen molar-refractivity contribution in [3.63, 3.8) is 0 Å². The van der Waals surface area contributed by atoms with Gasteiger partial charge >= 0.3 is 0 Å². The fraction of sp³-hybridized carbons (Fsp3) is 0.0800. The third-order valence-electron chi connectivity index (χ3n) is 10.5. The number of hydrogen-bond acceptors (Lipinski definition) is 4. The second kappa shape index (κ2) is 14.0. The molecule has 1 aromatic heterocycles. The number of fused-ring (bicyclic) bond motifs is 2. The fourth-order valence-corrected chi connectivity index (χ4v) is 7.82. The van der Waals surface area contributed by atoms with Gasteiger partial charge in [-0.05, 0) is 63.2 Å². The number of para-hydroxylation sites is 1. The second-order valence-electron chi connectivity index (χ2n) is 13.8. The quantitative estimate of drug-likeness (QED) is 0.166. The maximum absolute atomic E-state index is 5.01. The molecule has 0 unspecified atom stereocenters. The Balaban J connectivity index is 1.03. The highest BCUT2D eigenvalue weighted by Crippen LogP contribution is 2.48. The van der Waals surface area contributed by atoms with E-state index in [0.29, 0.717) is 5.82 Å². The van der Waals surface area contributed by atoms with Crippen LogP contribution in [-0.4, -0.2) is 24.1 Å². The number of rotatable bonds is 7. The average molecular weight is 697 g/mol. The largest absolute Gasteiger partial charge is 0.329 e. The summed E-state index contributed by atoms with van der Waals surface area (Å²) in [6, 6.07) is 60.3. The molecular weight excluding hydrogens is 657 g/mol. The molecule has 0 saturated heterocycles. The van der Waals surface area contributed by atoms with Crippen molar-refractivity contribution in [1.82, 2.24) is 9.97 Å². The van der Waals surface area contributed by atoms with Crippen LogP contribution in [0.3, 0.4) is 0 Å². The van der Waals surface area contributed by atoms with Crippen molar-refractivity contribution < 1.29 is 0 Å². The Morgan fingerprint density at radius 2 is 0.963 bits per heavy atom. The van der Waals surface area contributed by atoms with Crippen molar-refractivity contribution in [1.29, 1.82) is 0 Å². The van der Waals surface area contributed by atoms with E-state index in [1.54, 1.807) is 0 Å². The molecule has 0 fully saturated rings. The van der Waals surface area contributed by atoms with E-state index in [1.807, 2.05) is 36.4 Å². The van der Waals surface area contributed by atoms with Gasteiger partial charge in [0.25, 0.3) is 0 Å². The van der Waals surface area contributed by atoms with E-state index >= 15 is 0 Å². The molecule has 54 heavy (non-hydrogen) atoms. The van der Waals surface area contributed by atoms with Crippen molar-refractivity contribution in [2.45, 2.75) is 13.3 Å². The molecule has 0 bridgehead atoms. The molecule has 0 aliphatic carbocycles. The van der Waals surface area contributed by atoms with Crippen LogP contribution in [0.15, 0.2) is 182 Å². The smallest absolute Gasteiger partial charge is 0.160 e. The number of allylic oxidation sites excluding steroid dienone is 1. The Morgan fingerprint density at radius 3 is 1.56 bits per heavy atom. The Hall–Kier alpha value is -6.78. The number of aromatic nitrogens is 2. The van der Waals surface area contributed by atoms with Gasteiger partial charge in [0, 0.05) is 36.3 Å². The minimum atomic E-state index is 0.712. The van der Waals surface area contributed by atoms with E-state index in [2.05, 4.69) is 170 Å². The van der Waals surface area contributed by atoms with E-state index in [0.717, 1.165) is 45.6 Å². The topological polar surface area (TPSA) is 32.3 Å². The van der Waals surface area contributed by atoms with Crippen molar-refractivity contribution in [2.75, 3.05) is 23.9 Å². The van der Waals surface area contributed by atoms with Crippen molar-refractivity contribution >= 4 is 22.1 Å². The van der Waals surface area contributed by atoms with Gasteiger partial charge in [-0.15, -0.1) is 0 Å². The minimum absolute atomic E-state index is 0.712.